The fourth-order valence-electron chi connectivity index (χ4n) is 4.55. The van der Waals surface area contributed by atoms with E-state index in [1.165, 1.54) is 19.2 Å². The molecule has 2 aromatic heterocycles. The molecule has 200 valence electrons. The highest BCUT2D eigenvalue weighted by Gasteiger charge is 2.29. The number of carbonyl (C=O) groups excluding carboxylic acids is 1. The predicted molar refractivity (Wildman–Crippen MR) is 147 cm³/mol. The van der Waals surface area contributed by atoms with Gasteiger partial charge in [-0.25, -0.2) is 4.98 Å². The third-order valence-electron chi connectivity index (χ3n) is 6.46. The van der Waals surface area contributed by atoms with Crippen LogP contribution in [0.15, 0.2) is 57.7 Å². The van der Waals surface area contributed by atoms with Crippen LogP contribution in [-0.4, -0.2) is 44.8 Å². The second-order valence-corrected chi connectivity index (χ2v) is 10.0. The van der Waals surface area contributed by atoms with Crippen molar-refractivity contribution in [1.29, 1.82) is 0 Å². The van der Waals surface area contributed by atoms with E-state index in [0.717, 1.165) is 22.6 Å². The molecule has 0 aliphatic carbocycles. The normalized spacial score (nSPS) is 12.8. The number of aromatic nitrogens is 2. The number of thioether (sulfide) groups is 1. The smallest absolute Gasteiger partial charge is 0.227 e. The summed E-state index contributed by atoms with van der Waals surface area (Å²) in [6, 6.07) is 13.2. The van der Waals surface area contributed by atoms with Gasteiger partial charge < -0.3 is 29.3 Å². The van der Waals surface area contributed by atoms with Crippen molar-refractivity contribution in [3.05, 3.63) is 81.7 Å². The van der Waals surface area contributed by atoms with Crippen molar-refractivity contribution in [1.82, 2.24) is 14.9 Å². The van der Waals surface area contributed by atoms with Crippen molar-refractivity contribution in [2.24, 2.45) is 7.05 Å². The predicted octanol–water partition coefficient (Wildman–Crippen LogP) is 4.39. The average Bonchev–Trinajstić information content (AvgIpc) is 3.24. The lowest BCUT2D eigenvalue weighted by Gasteiger charge is -2.22. The lowest BCUT2D eigenvalue weighted by Crippen LogP contribution is -2.32. The molecule has 0 saturated carbocycles. The molecule has 0 bridgehead atoms. The van der Waals surface area contributed by atoms with Crippen LogP contribution < -0.4 is 15.5 Å². The minimum atomic E-state index is -0.821. The second kappa shape index (κ2) is 11.6. The van der Waals surface area contributed by atoms with E-state index in [1.54, 1.807) is 30.8 Å². The number of para-hydroxylation sites is 2. The SMILES string of the molecule is COc1cc([C@@H](CC(=O)N[C@@H](CCSC)c2nc3ccccc3n2C)c2oc(C)cc(=O)c2O)ccc1O. The summed E-state index contributed by atoms with van der Waals surface area (Å²) in [4.78, 5) is 30.7. The van der Waals surface area contributed by atoms with E-state index < -0.39 is 17.1 Å². The lowest BCUT2D eigenvalue weighted by atomic mass is 9.91. The Morgan fingerprint density at radius 3 is 2.68 bits per heavy atom. The summed E-state index contributed by atoms with van der Waals surface area (Å²) in [6.45, 7) is 1.60. The molecule has 2 atom stereocenters. The largest absolute Gasteiger partial charge is 0.504 e. The van der Waals surface area contributed by atoms with Crippen LogP contribution in [-0.2, 0) is 11.8 Å². The highest BCUT2D eigenvalue weighted by Crippen LogP contribution is 2.37. The van der Waals surface area contributed by atoms with Crippen molar-refractivity contribution in [3.63, 3.8) is 0 Å². The van der Waals surface area contributed by atoms with Crippen LogP contribution in [0.4, 0.5) is 0 Å². The molecule has 0 radical (unpaired) electrons. The second-order valence-electron chi connectivity index (χ2n) is 9.04. The number of nitrogens with zero attached hydrogens (tertiary/aromatic N) is 2. The van der Waals surface area contributed by atoms with Crippen molar-refractivity contribution >= 4 is 28.7 Å². The Morgan fingerprint density at radius 2 is 1.97 bits per heavy atom. The van der Waals surface area contributed by atoms with Crippen LogP contribution in [0.25, 0.3) is 11.0 Å². The zero-order chi connectivity index (χ0) is 27.4. The minimum Gasteiger partial charge on any atom is -0.504 e. The van der Waals surface area contributed by atoms with Gasteiger partial charge in [-0.1, -0.05) is 18.2 Å². The molecule has 4 rings (SSSR count). The van der Waals surface area contributed by atoms with Crippen molar-refractivity contribution in [3.8, 4) is 17.2 Å². The number of phenols is 1. The molecule has 0 saturated heterocycles. The molecule has 10 heteroatoms. The fourth-order valence-corrected chi connectivity index (χ4v) is 5.02. The van der Waals surface area contributed by atoms with E-state index >= 15 is 0 Å². The Morgan fingerprint density at radius 1 is 1.21 bits per heavy atom. The Balaban J connectivity index is 1.70. The fraction of sp³-hybridized carbons (Fsp3) is 0.321. The summed E-state index contributed by atoms with van der Waals surface area (Å²) in [5.74, 6) is 0.241. The molecule has 0 fully saturated rings. The minimum absolute atomic E-state index is 0.0266. The first-order chi connectivity index (χ1) is 18.2. The molecule has 2 aromatic carbocycles. The van der Waals surface area contributed by atoms with Crippen LogP contribution in [0.5, 0.6) is 17.2 Å². The number of nitrogens with one attached hydrogen (secondary N) is 1. The van der Waals surface area contributed by atoms with Gasteiger partial charge in [-0.3, -0.25) is 9.59 Å². The number of amides is 1. The number of aryl methyl sites for hydroxylation is 2. The third kappa shape index (κ3) is 5.65. The van der Waals surface area contributed by atoms with Gasteiger partial charge in [-0.15, -0.1) is 0 Å². The monoisotopic (exact) mass is 537 g/mol. The van der Waals surface area contributed by atoms with E-state index in [2.05, 4.69) is 5.32 Å². The van der Waals surface area contributed by atoms with E-state index in [1.807, 2.05) is 42.1 Å². The highest BCUT2D eigenvalue weighted by molar-refractivity contribution is 7.98. The van der Waals surface area contributed by atoms with Crippen molar-refractivity contribution < 1.29 is 24.2 Å². The van der Waals surface area contributed by atoms with Gasteiger partial charge in [0.25, 0.3) is 0 Å². The molecule has 0 unspecified atom stereocenters. The standard InChI is InChI=1S/C28H31N3O6S/c1-16-13-23(33)26(35)27(37-16)18(17-9-10-22(32)24(14-17)36-3)15-25(34)29-20(11-12-38-4)28-30-19-7-5-6-8-21(19)31(28)2/h5-10,13-14,18,20,32,35H,11-12,15H2,1-4H3,(H,29,34)/t18-,20+/m1/s1. The summed E-state index contributed by atoms with van der Waals surface area (Å²) < 4.78 is 13.0. The van der Waals surface area contributed by atoms with Gasteiger partial charge in [0.15, 0.2) is 17.3 Å². The van der Waals surface area contributed by atoms with Crippen LogP contribution in [0, 0.1) is 6.92 Å². The van der Waals surface area contributed by atoms with E-state index in [4.69, 9.17) is 14.1 Å². The Labute approximate surface area is 224 Å². The zero-order valence-electron chi connectivity index (χ0n) is 21.7. The van der Waals surface area contributed by atoms with Gasteiger partial charge in [0.1, 0.15) is 11.6 Å². The van der Waals surface area contributed by atoms with Gasteiger partial charge in [0.2, 0.25) is 17.1 Å². The summed E-state index contributed by atoms with van der Waals surface area (Å²) in [7, 11) is 3.34. The first kappa shape index (κ1) is 27.1. The first-order valence-electron chi connectivity index (χ1n) is 12.1. The Kier molecular flexibility index (Phi) is 8.31. The molecule has 2 heterocycles. The maximum atomic E-state index is 13.5. The lowest BCUT2D eigenvalue weighted by molar-refractivity contribution is -0.122. The van der Waals surface area contributed by atoms with Crippen LogP contribution in [0.2, 0.25) is 0 Å². The Bertz CT molecular complexity index is 1510. The van der Waals surface area contributed by atoms with Crippen LogP contribution in [0.3, 0.4) is 0 Å². The van der Waals surface area contributed by atoms with Gasteiger partial charge in [-0.2, -0.15) is 11.8 Å². The number of rotatable bonds is 10. The molecule has 3 N–H and O–H groups in total. The number of hydrogen-bond donors (Lipinski definition) is 3. The van der Waals surface area contributed by atoms with Crippen LogP contribution in [0.1, 0.15) is 47.7 Å². The van der Waals surface area contributed by atoms with E-state index in [0.29, 0.717) is 17.7 Å². The first-order valence-corrected chi connectivity index (χ1v) is 13.5. The molecule has 0 spiro atoms. The number of ether oxygens (including phenoxy) is 1. The number of phenolic OH excluding ortho intramolecular Hbond substituents is 1. The number of methoxy groups -OCH3 is 1. The molecular weight excluding hydrogens is 506 g/mol. The molecule has 4 aromatic rings. The molecule has 0 aliphatic rings. The Hall–Kier alpha value is -3.92. The summed E-state index contributed by atoms with van der Waals surface area (Å²) >= 11 is 1.67. The van der Waals surface area contributed by atoms with Crippen molar-refractivity contribution in [2.75, 3.05) is 19.1 Å². The number of hydrogen-bond acceptors (Lipinski definition) is 8. The highest BCUT2D eigenvalue weighted by atomic mass is 32.2. The topological polar surface area (TPSA) is 127 Å². The van der Waals surface area contributed by atoms with Crippen LogP contribution >= 0.6 is 11.8 Å². The zero-order valence-corrected chi connectivity index (χ0v) is 22.5. The van der Waals surface area contributed by atoms with E-state index in [9.17, 15) is 19.8 Å². The maximum Gasteiger partial charge on any atom is 0.227 e. The van der Waals surface area contributed by atoms with Gasteiger partial charge in [0.05, 0.1) is 30.1 Å². The molecule has 0 aliphatic heterocycles. The molecule has 9 nitrogen and oxygen atoms in total. The summed E-state index contributed by atoms with van der Waals surface area (Å²) in [5, 5.41) is 23.8. The van der Waals surface area contributed by atoms with Gasteiger partial charge in [-0.05, 0) is 55.2 Å². The van der Waals surface area contributed by atoms with Gasteiger partial charge >= 0.3 is 0 Å². The molecule has 1 amide bonds. The summed E-state index contributed by atoms with van der Waals surface area (Å²) in [5.41, 5.74) is 1.74. The number of aromatic hydroxyl groups is 2. The number of carbonyl (C=O) groups is 1. The average molecular weight is 538 g/mol. The number of imidazole rings is 1. The number of benzene rings is 2. The molecular formula is C28H31N3O6S. The van der Waals surface area contributed by atoms with Gasteiger partial charge in [0, 0.05) is 19.5 Å². The maximum absolute atomic E-state index is 13.5. The van der Waals surface area contributed by atoms with Crippen molar-refractivity contribution in [2.45, 2.75) is 31.7 Å². The summed E-state index contributed by atoms with van der Waals surface area (Å²) in [6.07, 6.45) is 2.53. The molecule has 38 heavy (non-hydrogen) atoms. The number of fused-ring (bicyclic) bond motifs is 1. The quantitative estimate of drug-likeness (QED) is 0.272. The van der Waals surface area contributed by atoms with E-state index in [-0.39, 0.29) is 35.6 Å². The third-order valence-corrected chi connectivity index (χ3v) is 7.11.